The van der Waals surface area contributed by atoms with Crippen LogP contribution in [-0.2, 0) is 19.6 Å². The van der Waals surface area contributed by atoms with Crippen LogP contribution in [0.25, 0.3) is 10.9 Å². The fraction of sp³-hybridized carbons (Fsp3) is 0.286. The summed E-state index contributed by atoms with van der Waals surface area (Å²) < 4.78 is 33.3. The molecule has 0 radical (unpaired) electrons. The van der Waals surface area contributed by atoms with Crippen molar-refractivity contribution in [2.24, 2.45) is 0 Å². The summed E-state index contributed by atoms with van der Waals surface area (Å²) in [5.41, 5.74) is 1.93. The van der Waals surface area contributed by atoms with Gasteiger partial charge in [-0.15, -0.1) is 0 Å². The van der Waals surface area contributed by atoms with Crippen LogP contribution in [0.2, 0.25) is 10.0 Å². The van der Waals surface area contributed by atoms with Crippen LogP contribution in [0, 0.1) is 6.92 Å². The van der Waals surface area contributed by atoms with Crippen molar-refractivity contribution in [3.63, 3.8) is 0 Å². The summed E-state index contributed by atoms with van der Waals surface area (Å²) in [5, 5.41) is 1.19. The number of aryl methyl sites for hydroxylation is 1. The molecule has 1 aromatic heterocycles. The Morgan fingerprint density at radius 2 is 1.83 bits per heavy atom. The molecule has 0 spiro atoms. The number of hydrogen-bond acceptors (Lipinski definition) is 4. The molecule has 6 nitrogen and oxygen atoms in total. The number of H-pyrrole nitrogens is 1. The highest BCUT2D eigenvalue weighted by molar-refractivity contribution is 7.92. The lowest BCUT2D eigenvalue weighted by molar-refractivity contribution is -0.141. The normalized spacial score (nSPS) is 11.6. The van der Waals surface area contributed by atoms with Crippen molar-refractivity contribution in [1.29, 1.82) is 0 Å². The maximum Gasteiger partial charge on any atom is 0.326 e. The van der Waals surface area contributed by atoms with Gasteiger partial charge in [0.05, 0.1) is 17.2 Å². The molecule has 0 fully saturated rings. The van der Waals surface area contributed by atoms with E-state index in [1.807, 2.05) is 19.1 Å². The first-order chi connectivity index (χ1) is 14.2. The van der Waals surface area contributed by atoms with Gasteiger partial charge < -0.3 is 9.72 Å². The zero-order valence-electron chi connectivity index (χ0n) is 16.6. The van der Waals surface area contributed by atoms with Crippen LogP contribution in [0.1, 0.15) is 25.3 Å². The number of esters is 1. The van der Waals surface area contributed by atoms with Crippen LogP contribution in [0.5, 0.6) is 0 Å². The topological polar surface area (TPSA) is 79.5 Å². The number of aromatic nitrogens is 1. The van der Waals surface area contributed by atoms with E-state index in [9.17, 15) is 13.2 Å². The molecule has 0 atom stereocenters. The number of carbonyl (C=O) groups excluding carboxylic acids is 1. The van der Waals surface area contributed by atoms with Crippen LogP contribution in [0.15, 0.2) is 47.5 Å². The van der Waals surface area contributed by atoms with Crippen molar-refractivity contribution >= 4 is 55.8 Å². The molecule has 2 aromatic carbocycles. The number of hydrogen-bond donors (Lipinski definition) is 1. The predicted octanol–water partition coefficient (Wildman–Crippen LogP) is 5.32. The third-order valence-corrected chi connectivity index (χ3v) is 6.77. The monoisotopic (exact) mass is 468 g/mol. The van der Waals surface area contributed by atoms with Gasteiger partial charge in [-0.2, -0.15) is 0 Å². The second-order valence-corrected chi connectivity index (χ2v) is 9.63. The van der Waals surface area contributed by atoms with E-state index in [1.165, 1.54) is 18.2 Å². The van der Waals surface area contributed by atoms with Gasteiger partial charge in [-0.3, -0.25) is 9.10 Å². The van der Waals surface area contributed by atoms with E-state index in [4.69, 9.17) is 27.9 Å². The fourth-order valence-electron chi connectivity index (χ4n) is 3.06. The van der Waals surface area contributed by atoms with E-state index in [2.05, 4.69) is 4.98 Å². The van der Waals surface area contributed by atoms with E-state index in [0.29, 0.717) is 17.7 Å². The molecule has 0 bridgehead atoms. The highest BCUT2D eigenvalue weighted by Gasteiger charge is 2.30. The number of nitrogens with zero attached hydrogens (tertiary/aromatic N) is 1. The first-order valence-electron chi connectivity index (χ1n) is 9.44. The summed E-state index contributed by atoms with van der Waals surface area (Å²) in [4.78, 5) is 15.4. The zero-order chi connectivity index (χ0) is 21.9. The average molecular weight is 469 g/mol. The van der Waals surface area contributed by atoms with E-state index in [0.717, 1.165) is 21.6 Å². The third-order valence-electron chi connectivity index (χ3n) is 4.60. The zero-order valence-corrected chi connectivity index (χ0v) is 18.9. The van der Waals surface area contributed by atoms with Crippen molar-refractivity contribution in [1.82, 2.24) is 4.98 Å². The first kappa shape index (κ1) is 22.5. The Kier molecular flexibility index (Phi) is 6.95. The summed E-state index contributed by atoms with van der Waals surface area (Å²) in [6, 6.07) is 9.46. The fourth-order valence-corrected chi connectivity index (χ4v) is 5.26. The number of ether oxygens (including phenoxy) is 1. The van der Waals surface area contributed by atoms with Crippen LogP contribution in [0.3, 0.4) is 0 Å². The van der Waals surface area contributed by atoms with Crippen molar-refractivity contribution < 1.29 is 17.9 Å². The molecule has 0 aliphatic heterocycles. The number of aromatic amines is 1. The summed E-state index contributed by atoms with van der Waals surface area (Å²) in [6.07, 6.45) is 3.33. The van der Waals surface area contributed by atoms with Crippen molar-refractivity contribution in [2.75, 3.05) is 17.5 Å². The highest BCUT2D eigenvalue weighted by Crippen LogP contribution is 2.32. The molecule has 0 saturated carbocycles. The molecule has 1 heterocycles. The standard InChI is InChI=1S/C21H22Cl2N2O4S/c1-3-4-7-29-21(26)13-25(20-9-15-5-6-24-19(15)8-14(20)2)30(27,28)18-11-16(22)10-17(23)12-18/h5-6,8-12,24H,3-4,7,13H2,1-2H3. The molecule has 3 rings (SSSR count). The van der Waals surface area contributed by atoms with Crippen molar-refractivity contribution in [2.45, 2.75) is 31.6 Å². The lowest BCUT2D eigenvalue weighted by atomic mass is 10.1. The summed E-state index contributed by atoms with van der Waals surface area (Å²) in [6.45, 7) is 3.53. The van der Waals surface area contributed by atoms with Gasteiger partial charge >= 0.3 is 5.97 Å². The highest BCUT2D eigenvalue weighted by atomic mass is 35.5. The summed E-state index contributed by atoms with van der Waals surface area (Å²) in [5.74, 6) is -0.631. The van der Waals surface area contributed by atoms with Crippen LogP contribution in [-0.4, -0.2) is 32.5 Å². The quantitative estimate of drug-likeness (QED) is 0.358. The Morgan fingerprint density at radius 3 is 2.50 bits per heavy atom. The first-order valence-corrected chi connectivity index (χ1v) is 11.6. The Hall–Kier alpha value is -2.22. The van der Waals surface area contributed by atoms with Gasteiger partial charge in [0.25, 0.3) is 10.0 Å². The number of benzene rings is 2. The number of carbonyl (C=O) groups is 1. The van der Waals surface area contributed by atoms with Gasteiger partial charge in [0.1, 0.15) is 6.54 Å². The molecule has 30 heavy (non-hydrogen) atoms. The average Bonchev–Trinajstić information content (AvgIpc) is 3.12. The number of nitrogens with one attached hydrogen (secondary N) is 1. The van der Waals surface area contributed by atoms with Crippen molar-refractivity contribution in [3.8, 4) is 0 Å². The number of sulfonamides is 1. The lowest BCUT2D eigenvalue weighted by Crippen LogP contribution is -2.37. The van der Waals surface area contributed by atoms with Crippen LogP contribution in [0.4, 0.5) is 5.69 Å². The number of halogens is 2. The SMILES string of the molecule is CCCCOC(=O)CN(c1cc2cc[nH]c2cc1C)S(=O)(=O)c1cc(Cl)cc(Cl)c1. The number of fused-ring (bicyclic) bond motifs is 1. The Labute approximate surface area is 185 Å². The number of unbranched alkanes of at least 4 members (excludes halogenated alkanes) is 1. The van der Waals surface area contributed by atoms with E-state index in [1.54, 1.807) is 19.2 Å². The molecule has 0 aliphatic rings. The van der Waals surface area contributed by atoms with E-state index in [-0.39, 0.29) is 21.5 Å². The maximum absolute atomic E-state index is 13.5. The minimum atomic E-state index is -4.15. The van der Waals surface area contributed by atoms with E-state index >= 15 is 0 Å². The molecule has 0 unspecified atom stereocenters. The second kappa shape index (κ2) is 9.29. The Balaban J connectivity index is 2.08. The van der Waals surface area contributed by atoms with Gasteiger partial charge in [0.15, 0.2) is 0 Å². The van der Waals surface area contributed by atoms with Gasteiger partial charge in [-0.25, -0.2) is 8.42 Å². The van der Waals surface area contributed by atoms with Crippen LogP contribution < -0.4 is 4.31 Å². The maximum atomic E-state index is 13.5. The molecule has 1 N–H and O–H groups in total. The predicted molar refractivity (Wildman–Crippen MR) is 120 cm³/mol. The second-order valence-electron chi connectivity index (χ2n) is 6.89. The lowest BCUT2D eigenvalue weighted by Gasteiger charge is -2.25. The largest absolute Gasteiger partial charge is 0.464 e. The van der Waals surface area contributed by atoms with Gasteiger partial charge in [0.2, 0.25) is 0 Å². The Bertz CT molecular complexity index is 1150. The molecule has 9 heteroatoms. The molecule has 160 valence electrons. The molecular formula is C21H22Cl2N2O4S. The summed E-state index contributed by atoms with van der Waals surface area (Å²) in [7, 11) is -4.15. The molecular weight excluding hydrogens is 447 g/mol. The van der Waals surface area contributed by atoms with Crippen LogP contribution >= 0.6 is 23.2 Å². The molecule has 3 aromatic rings. The number of anilines is 1. The third kappa shape index (κ3) is 4.91. The van der Waals surface area contributed by atoms with E-state index < -0.39 is 22.5 Å². The van der Waals surface area contributed by atoms with Crippen molar-refractivity contribution in [3.05, 3.63) is 58.2 Å². The minimum absolute atomic E-state index is 0.102. The van der Waals surface area contributed by atoms with Gasteiger partial charge in [-0.1, -0.05) is 36.5 Å². The smallest absolute Gasteiger partial charge is 0.326 e. The Morgan fingerprint density at radius 1 is 1.13 bits per heavy atom. The summed E-state index contributed by atoms with van der Waals surface area (Å²) >= 11 is 12.1. The molecule has 0 aliphatic carbocycles. The number of rotatable bonds is 8. The van der Waals surface area contributed by atoms with Gasteiger partial charge in [-0.05, 0) is 55.3 Å². The minimum Gasteiger partial charge on any atom is -0.464 e. The molecule has 0 amide bonds. The molecule has 0 saturated heterocycles. The van der Waals surface area contributed by atoms with Gasteiger partial charge in [0, 0.05) is 27.1 Å².